The van der Waals surface area contributed by atoms with Gasteiger partial charge in [0, 0.05) is 25.3 Å². The molecule has 32 heavy (non-hydrogen) atoms. The Bertz CT molecular complexity index is 1170. The quantitative estimate of drug-likeness (QED) is 0.210. The van der Waals surface area contributed by atoms with Gasteiger partial charge in [-0.1, -0.05) is 54.1 Å². The third kappa shape index (κ3) is 4.27. The van der Waals surface area contributed by atoms with Crippen LogP contribution in [0.5, 0.6) is 5.75 Å². The van der Waals surface area contributed by atoms with Crippen molar-refractivity contribution in [2.24, 2.45) is 0 Å². The first kappa shape index (κ1) is 21.4. The van der Waals surface area contributed by atoms with Gasteiger partial charge in [0.2, 0.25) is 5.76 Å². The maximum Gasteiger partial charge on any atom is 0.328 e. The molecule has 2 aliphatic heterocycles. The van der Waals surface area contributed by atoms with Gasteiger partial charge in [0.1, 0.15) is 12.0 Å². The summed E-state index contributed by atoms with van der Waals surface area (Å²) in [5.41, 5.74) is 3.87. The molecule has 0 aliphatic carbocycles. The zero-order chi connectivity index (χ0) is 22.7. The molecule has 0 bridgehead atoms. The molecule has 4 rings (SSSR count). The van der Waals surface area contributed by atoms with Crippen LogP contribution in [0.25, 0.3) is 11.6 Å². The molecular formula is C24H20N2O5S. The molecule has 1 amide bonds. The normalized spacial score (nSPS) is 17.6. The molecule has 1 saturated heterocycles. The van der Waals surface area contributed by atoms with Gasteiger partial charge in [0.05, 0.1) is 0 Å². The lowest BCUT2D eigenvalue weighted by molar-refractivity contribution is -0.352. The molecule has 0 radical (unpaired) electrons. The van der Waals surface area contributed by atoms with Gasteiger partial charge in [-0.2, -0.15) is 0 Å². The molecule has 0 atom stereocenters. The summed E-state index contributed by atoms with van der Waals surface area (Å²) < 4.78 is 11.4. The smallest absolute Gasteiger partial charge is 0.328 e. The van der Waals surface area contributed by atoms with Crippen molar-refractivity contribution in [3.8, 4) is 5.75 Å². The van der Waals surface area contributed by atoms with E-state index in [4.69, 9.17) is 26.7 Å². The summed E-state index contributed by atoms with van der Waals surface area (Å²) in [6.45, 7) is 3.35. The van der Waals surface area contributed by atoms with Crippen molar-refractivity contribution in [1.29, 1.82) is 0 Å². The number of benzene rings is 2. The van der Waals surface area contributed by atoms with Gasteiger partial charge < -0.3 is 19.3 Å². The highest BCUT2D eigenvalue weighted by atomic mass is 32.1. The van der Waals surface area contributed by atoms with E-state index in [9.17, 15) is 4.79 Å². The minimum absolute atomic E-state index is 0.0987. The number of rotatable bonds is 6. The molecule has 0 saturated carbocycles. The minimum atomic E-state index is -0.648. The van der Waals surface area contributed by atoms with Crippen LogP contribution in [0.15, 0.2) is 85.0 Å². The van der Waals surface area contributed by atoms with E-state index in [1.54, 1.807) is 6.08 Å². The van der Waals surface area contributed by atoms with Gasteiger partial charge >= 0.3 is 11.1 Å². The number of thiocarbonyl (C=S) groups is 1. The minimum Gasteiger partial charge on any atom is -0.453 e. The molecule has 2 aromatic rings. The molecule has 0 spiro atoms. The number of nitrogens with zero attached hydrogens (tertiary/aromatic N) is 2. The number of hydroxylamine groups is 2. The van der Waals surface area contributed by atoms with Gasteiger partial charge in [0.25, 0.3) is 0 Å². The van der Waals surface area contributed by atoms with Crippen molar-refractivity contribution in [2.45, 2.75) is 0 Å². The van der Waals surface area contributed by atoms with Gasteiger partial charge in [-0.15, -0.1) is 0 Å². The van der Waals surface area contributed by atoms with Crippen molar-refractivity contribution < 1.29 is 24.1 Å². The molecule has 162 valence electrons. The fourth-order valence-electron chi connectivity index (χ4n) is 3.12. The van der Waals surface area contributed by atoms with Crippen LogP contribution in [-0.2, 0) is 19.4 Å². The van der Waals surface area contributed by atoms with Crippen LogP contribution in [0.4, 0.5) is 5.69 Å². The third-order valence-electron chi connectivity index (χ3n) is 4.71. The van der Waals surface area contributed by atoms with Crippen molar-refractivity contribution in [2.75, 3.05) is 19.0 Å². The lowest BCUT2D eigenvalue weighted by Crippen LogP contribution is -2.28. The number of carbonyl (C=O) groups is 1. The third-order valence-corrected chi connectivity index (χ3v) is 4.96. The van der Waals surface area contributed by atoms with Crippen LogP contribution in [0.1, 0.15) is 11.1 Å². The second-order valence-electron chi connectivity index (χ2n) is 7.02. The molecule has 1 fully saturated rings. The molecule has 2 aliphatic rings. The summed E-state index contributed by atoms with van der Waals surface area (Å²) in [5.74, 6) is 0.0518. The average Bonchev–Trinajstić information content (AvgIpc) is 3.09. The lowest BCUT2D eigenvalue weighted by Gasteiger charge is -2.19. The Morgan fingerprint density at radius 2 is 1.81 bits per heavy atom. The molecule has 2 heterocycles. The first-order valence-corrected chi connectivity index (χ1v) is 10.1. The Morgan fingerprint density at radius 1 is 1.06 bits per heavy atom. The van der Waals surface area contributed by atoms with Crippen LogP contribution < -0.4 is 9.64 Å². The molecule has 2 aromatic carbocycles. The lowest BCUT2D eigenvalue weighted by atomic mass is 10.00. The molecule has 8 heteroatoms. The first-order valence-electron chi connectivity index (χ1n) is 9.67. The average molecular weight is 449 g/mol. The second-order valence-corrected chi connectivity index (χ2v) is 7.36. The number of amides is 1. The number of carbonyl (C=O) groups excluding carboxylic acids is 1. The topological polar surface area (TPSA) is 60.5 Å². The molecular weight excluding hydrogens is 428 g/mol. The SMILES string of the molecule is C=COON1C(=O)C(=C2C=C(C=Cc3ccc(N(C)C)cc3)c3ccccc3O2)OC1=S. The number of hydrogen-bond acceptors (Lipinski definition) is 7. The van der Waals surface area contributed by atoms with Crippen molar-refractivity contribution in [3.63, 3.8) is 0 Å². The van der Waals surface area contributed by atoms with E-state index >= 15 is 0 Å². The Balaban J connectivity index is 1.68. The van der Waals surface area contributed by atoms with Crippen molar-refractivity contribution in [3.05, 3.63) is 96.2 Å². The maximum absolute atomic E-state index is 12.7. The van der Waals surface area contributed by atoms with Crippen LogP contribution >= 0.6 is 12.2 Å². The van der Waals surface area contributed by atoms with Gasteiger partial charge in [0.15, 0.2) is 5.76 Å². The molecule has 0 N–H and O–H groups in total. The van der Waals surface area contributed by atoms with E-state index in [1.807, 2.05) is 79.7 Å². The zero-order valence-electron chi connectivity index (χ0n) is 17.5. The summed E-state index contributed by atoms with van der Waals surface area (Å²) in [5, 5.41) is 0.493. The summed E-state index contributed by atoms with van der Waals surface area (Å²) in [7, 11) is 3.99. The molecule has 0 aromatic heterocycles. The summed E-state index contributed by atoms with van der Waals surface area (Å²) >= 11 is 5.04. The molecule has 0 unspecified atom stereocenters. The van der Waals surface area contributed by atoms with Gasteiger partial charge in [-0.3, -0.25) is 4.79 Å². The largest absolute Gasteiger partial charge is 0.453 e. The van der Waals surface area contributed by atoms with Crippen molar-refractivity contribution >= 4 is 40.6 Å². The Hall–Kier alpha value is -3.88. The number of fused-ring (bicyclic) bond motifs is 1. The number of para-hydroxylation sites is 1. The van der Waals surface area contributed by atoms with Crippen LogP contribution in [-0.4, -0.2) is 30.2 Å². The first-order chi connectivity index (χ1) is 15.5. The number of hydrogen-bond donors (Lipinski definition) is 0. The van der Waals surface area contributed by atoms with E-state index in [0.29, 0.717) is 10.8 Å². The standard InChI is InChI=1S/C24H20N2O5S/c1-4-28-31-26-23(27)22(30-24(26)32)21-15-17(19-7-5-6-8-20(19)29-21)12-9-16-10-13-18(14-11-16)25(2)3/h4-15H,1H2,2-3H3. The maximum atomic E-state index is 12.7. The number of allylic oxidation sites excluding steroid dienone is 3. The van der Waals surface area contributed by atoms with Crippen LogP contribution in [0.3, 0.4) is 0 Å². The molecule has 7 nitrogen and oxygen atoms in total. The highest BCUT2D eigenvalue weighted by Crippen LogP contribution is 2.36. The van der Waals surface area contributed by atoms with Gasteiger partial charge in [-0.05, 0) is 52.6 Å². The van der Waals surface area contributed by atoms with E-state index in [2.05, 4.69) is 11.5 Å². The Labute approximate surface area is 190 Å². The fraction of sp³-hybridized carbons (Fsp3) is 0.0833. The summed E-state index contributed by atoms with van der Waals surface area (Å²) in [4.78, 5) is 24.1. The Morgan fingerprint density at radius 3 is 2.53 bits per heavy atom. The van der Waals surface area contributed by atoms with Crippen LogP contribution in [0.2, 0.25) is 0 Å². The number of anilines is 1. The predicted molar refractivity (Wildman–Crippen MR) is 125 cm³/mol. The monoisotopic (exact) mass is 448 g/mol. The summed E-state index contributed by atoms with van der Waals surface area (Å²) in [6.07, 6.45) is 6.69. The van der Waals surface area contributed by atoms with Crippen LogP contribution in [0, 0.1) is 0 Å². The summed E-state index contributed by atoms with van der Waals surface area (Å²) in [6, 6.07) is 15.7. The predicted octanol–water partition coefficient (Wildman–Crippen LogP) is 4.60. The van der Waals surface area contributed by atoms with E-state index in [1.165, 1.54) is 0 Å². The van der Waals surface area contributed by atoms with E-state index < -0.39 is 5.91 Å². The Kier molecular flexibility index (Phi) is 6.07. The highest BCUT2D eigenvalue weighted by Gasteiger charge is 2.40. The fourth-order valence-corrected chi connectivity index (χ4v) is 3.32. The van der Waals surface area contributed by atoms with E-state index in [-0.39, 0.29) is 16.7 Å². The van der Waals surface area contributed by atoms with E-state index in [0.717, 1.165) is 28.6 Å². The zero-order valence-corrected chi connectivity index (χ0v) is 18.3. The van der Waals surface area contributed by atoms with Crippen molar-refractivity contribution in [1.82, 2.24) is 5.06 Å². The second kappa shape index (κ2) is 9.09. The number of ether oxygens (including phenoxy) is 2. The highest BCUT2D eigenvalue weighted by molar-refractivity contribution is 7.80. The van der Waals surface area contributed by atoms with Gasteiger partial charge in [-0.25, -0.2) is 0 Å².